The van der Waals surface area contributed by atoms with Crippen molar-refractivity contribution in [2.45, 2.75) is 12.8 Å². The summed E-state index contributed by atoms with van der Waals surface area (Å²) in [5.74, 6) is 0.902. The quantitative estimate of drug-likeness (QED) is 0.742. The lowest BCUT2D eigenvalue weighted by Crippen LogP contribution is -1.82. The zero-order chi connectivity index (χ0) is 10.8. The maximum Gasteiger partial charge on any atom is 0.226 e. The van der Waals surface area contributed by atoms with Gasteiger partial charge >= 0.3 is 0 Å². The smallest absolute Gasteiger partial charge is 0.226 e. The van der Waals surface area contributed by atoms with E-state index in [2.05, 4.69) is 4.98 Å². The van der Waals surface area contributed by atoms with Gasteiger partial charge in [0.1, 0.15) is 6.26 Å². The van der Waals surface area contributed by atoms with Crippen molar-refractivity contribution in [2.24, 2.45) is 0 Å². The number of rotatable bonds is 2. The Balaban J connectivity index is 2.44. The van der Waals surface area contributed by atoms with Crippen molar-refractivity contribution in [3.63, 3.8) is 0 Å². The Morgan fingerprint density at radius 2 is 2.13 bits per heavy atom. The molecule has 4 heteroatoms. The van der Waals surface area contributed by atoms with Crippen LogP contribution in [0.15, 0.2) is 28.9 Å². The zero-order valence-corrected chi connectivity index (χ0v) is 9.64. The lowest BCUT2D eigenvalue weighted by molar-refractivity contribution is 0.573. The molecule has 0 aliphatic rings. The zero-order valence-electron chi connectivity index (χ0n) is 8.13. The number of nitrogens with zero attached hydrogens (tertiary/aromatic N) is 1. The summed E-state index contributed by atoms with van der Waals surface area (Å²) in [4.78, 5) is 4.22. The number of oxazole rings is 1. The van der Waals surface area contributed by atoms with E-state index in [4.69, 9.17) is 27.6 Å². The molecule has 1 aromatic carbocycles. The van der Waals surface area contributed by atoms with Gasteiger partial charge in [0.2, 0.25) is 5.89 Å². The minimum absolute atomic E-state index is 0.350. The molecule has 0 saturated carbocycles. The molecule has 0 spiro atoms. The molecule has 2 nitrogen and oxygen atoms in total. The Hall–Kier alpha value is -0.990. The maximum absolute atomic E-state index is 5.95. The molecule has 0 amide bonds. The van der Waals surface area contributed by atoms with Gasteiger partial charge < -0.3 is 4.42 Å². The minimum atomic E-state index is 0.350. The third-order valence-electron chi connectivity index (χ3n) is 1.98. The van der Waals surface area contributed by atoms with E-state index < -0.39 is 0 Å². The maximum atomic E-state index is 5.95. The van der Waals surface area contributed by atoms with Gasteiger partial charge in [-0.1, -0.05) is 11.6 Å². The average molecular weight is 242 g/mol. The van der Waals surface area contributed by atoms with E-state index in [-0.39, 0.29) is 0 Å². The number of halogens is 2. The molecule has 0 radical (unpaired) electrons. The summed E-state index contributed by atoms with van der Waals surface area (Å²) in [5, 5.41) is 0.677. The molecular formula is C11H9Cl2NO. The predicted octanol–water partition coefficient (Wildman–Crippen LogP) is 4.04. The van der Waals surface area contributed by atoms with Crippen molar-refractivity contribution < 1.29 is 4.42 Å². The molecule has 0 bridgehead atoms. The third-order valence-corrected chi connectivity index (χ3v) is 2.47. The molecule has 0 fully saturated rings. The molecule has 0 aliphatic carbocycles. The molecule has 15 heavy (non-hydrogen) atoms. The second-order valence-corrected chi connectivity index (χ2v) is 4.00. The van der Waals surface area contributed by atoms with Gasteiger partial charge in [0, 0.05) is 10.6 Å². The first-order valence-electron chi connectivity index (χ1n) is 4.47. The van der Waals surface area contributed by atoms with Crippen LogP contribution < -0.4 is 0 Å². The van der Waals surface area contributed by atoms with Gasteiger partial charge in [0.15, 0.2) is 0 Å². The van der Waals surface area contributed by atoms with Gasteiger partial charge in [-0.15, -0.1) is 11.6 Å². The number of hydrogen-bond acceptors (Lipinski definition) is 2. The fourth-order valence-electron chi connectivity index (χ4n) is 1.36. The van der Waals surface area contributed by atoms with Crippen LogP contribution in [-0.4, -0.2) is 4.98 Å². The molecule has 0 aliphatic heterocycles. The lowest BCUT2D eigenvalue weighted by Gasteiger charge is -1.98. The van der Waals surface area contributed by atoms with Crippen molar-refractivity contribution in [2.75, 3.05) is 0 Å². The molecule has 0 N–H and O–H groups in total. The monoisotopic (exact) mass is 241 g/mol. The van der Waals surface area contributed by atoms with Crippen LogP contribution in [0.25, 0.3) is 11.5 Å². The fourth-order valence-corrected chi connectivity index (χ4v) is 1.77. The van der Waals surface area contributed by atoms with Crippen LogP contribution >= 0.6 is 23.2 Å². The first-order chi connectivity index (χ1) is 7.19. The number of aromatic nitrogens is 1. The van der Waals surface area contributed by atoms with Crippen molar-refractivity contribution in [3.8, 4) is 11.5 Å². The second kappa shape index (κ2) is 4.25. The van der Waals surface area contributed by atoms with Crippen LogP contribution in [0.2, 0.25) is 5.02 Å². The van der Waals surface area contributed by atoms with Crippen LogP contribution in [0.5, 0.6) is 0 Å². The molecule has 0 saturated heterocycles. The van der Waals surface area contributed by atoms with Crippen molar-refractivity contribution >= 4 is 23.2 Å². The van der Waals surface area contributed by atoms with E-state index in [1.807, 2.05) is 25.1 Å². The normalized spacial score (nSPS) is 10.6. The summed E-state index contributed by atoms with van der Waals surface area (Å²) in [5.41, 5.74) is 2.67. The van der Waals surface area contributed by atoms with Gasteiger partial charge in [-0.2, -0.15) is 0 Å². The fraction of sp³-hybridized carbons (Fsp3) is 0.182. The van der Waals surface area contributed by atoms with Gasteiger partial charge in [-0.05, 0) is 30.7 Å². The standard InChI is InChI=1S/C11H9Cl2NO/c1-7-2-8(4-9(13)3-7)11-14-10(5-12)6-15-11/h2-4,6H,5H2,1H3. The van der Waals surface area contributed by atoms with Gasteiger partial charge in [-0.3, -0.25) is 0 Å². The summed E-state index contributed by atoms with van der Waals surface area (Å²) in [7, 11) is 0. The first-order valence-corrected chi connectivity index (χ1v) is 5.38. The van der Waals surface area contributed by atoms with Crippen molar-refractivity contribution in [1.29, 1.82) is 0 Å². The van der Waals surface area contributed by atoms with Crippen LogP contribution in [-0.2, 0) is 5.88 Å². The highest BCUT2D eigenvalue weighted by molar-refractivity contribution is 6.30. The number of alkyl halides is 1. The minimum Gasteiger partial charge on any atom is -0.444 e. The highest BCUT2D eigenvalue weighted by atomic mass is 35.5. The third kappa shape index (κ3) is 2.33. The Bertz CT molecular complexity index is 459. The molecular weight excluding hydrogens is 233 g/mol. The van der Waals surface area contributed by atoms with Crippen LogP contribution in [0, 0.1) is 6.92 Å². The van der Waals surface area contributed by atoms with Gasteiger partial charge in [-0.25, -0.2) is 4.98 Å². The lowest BCUT2D eigenvalue weighted by atomic mass is 10.1. The summed E-state index contributed by atoms with van der Waals surface area (Å²) in [6.45, 7) is 1.97. The Kier molecular flexibility index (Phi) is 2.98. The average Bonchev–Trinajstić information content (AvgIpc) is 2.64. The first kappa shape index (κ1) is 10.5. The van der Waals surface area contributed by atoms with Crippen LogP contribution in [0.3, 0.4) is 0 Å². The van der Waals surface area contributed by atoms with Gasteiger partial charge in [0.05, 0.1) is 11.6 Å². The molecule has 0 unspecified atom stereocenters. The molecule has 78 valence electrons. The second-order valence-electron chi connectivity index (χ2n) is 3.29. The Morgan fingerprint density at radius 3 is 2.73 bits per heavy atom. The summed E-state index contributed by atoms with van der Waals surface area (Å²) in [6.07, 6.45) is 1.55. The van der Waals surface area contributed by atoms with Crippen LogP contribution in [0.1, 0.15) is 11.3 Å². The number of aryl methyl sites for hydroxylation is 1. The largest absolute Gasteiger partial charge is 0.444 e. The van der Waals surface area contributed by atoms with E-state index in [0.717, 1.165) is 16.8 Å². The van der Waals surface area contributed by atoms with E-state index in [1.165, 1.54) is 0 Å². The topological polar surface area (TPSA) is 26.0 Å². The molecule has 1 heterocycles. The summed E-state index contributed by atoms with van der Waals surface area (Å²) in [6, 6.07) is 5.67. The van der Waals surface area contributed by atoms with Crippen molar-refractivity contribution in [3.05, 3.63) is 40.7 Å². The number of hydrogen-bond donors (Lipinski definition) is 0. The molecule has 0 atom stereocenters. The summed E-state index contributed by atoms with van der Waals surface area (Å²) < 4.78 is 5.30. The molecule has 1 aromatic heterocycles. The van der Waals surface area contributed by atoms with Gasteiger partial charge in [0.25, 0.3) is 0 Å². The van der Waals surface area contributed by atoms with Crippen molar-refractivity contribution in [1.82, 2.24) is 4.98 Å². The van der Waals surface area contributed by atoms with Crippen LogP contribution in [0.4, 0.5) is 0 Å². The number of benzene rings is 1. The predicted molar refractivity (Wildman–Crippen MR) is 61.2 cm³/mol. The van der Waals surface area contributed by atoms with E-state index in [0.29, 0.717) is 16.8 Å². The molecule has 2 rings (SSSR count). The van der Waals surface area contributed by atoms with E-state index in [1.54, 1.807) is 6.26 Å². The Morgan fingerprint density at radius 1 is 1.33 bits per heavy atom. The summed E-state index contributed by atoms with van der Waals surface area (Å²) >= 11 is 11.6. The highest BCUT2D eigenvalue weighted by Crippen LogP contribution is 2.24. The SMILES string of the molecule is Cc1cc(Cl)cc(-c2nc(CCl)co2)c1. The van der Waals surface area contributed by atoms with E-state index in [9.17, 15) is 0 Å². The van der Waals surface area contributed by atoms with E-state index >= 15 is 0 Å². The highest BCUT2D eigenvalue weighted by Gasteiger charge is 2.07. The molecule has 2 aromatic rings. The Labute approximate surface area is 97.8 Å².